The Balaban J connectivity index is 1.54. The van der Waals surface area contributed by atoms with Crippen molar-refractivity contribution in [1.82, 2.24) is 9.80 Å². The zero-order valence-electron chi connectivity index (χ0n) is 15.7. The Hall–Kier alpha value is -2.88. The number of para-hydroxylation sites is 1. The Morgan fingerprint density at radius 2 is 1.60 bits per heavy atom. The fourth-order valence-electron chi connectivity index (χ4n) is 3.18. The van der Waals surface area contributed by atoms with Crippen molar-refractivity contribution in [2.75, 3.05) is 26.2 Å². The number of nitrogens with zero attached hydrogens (tertiary/aromatic N) is 2. The molecule has 5 nitrogen and oxygen atoms in total. The fraction of sp³-hybridized carbons (Fsp3) is 0.350. The molecule has 2 aromatic carbocycles. The third kappa shape index (κ3) is 6.06. The molecule has 0 aromatic heterocycles. The fourth-order valence-corrected chi connectivity index (χ4v) is 3.18. The van der Waals surface area contributed by atoms with Crippen LogP contribution in [0.15, 0.2) is 48.5 Å². The number of rotatable bonds is 6. The summed E-state index contributed by atoms with van der Waals surface area (Å²) in [5.41, 5.74) is 0.881. The van der Waals surface area contributed by atoms with Gasteiger partial charge < -0.3 is 14.4 Å². The van der Waals surface area contributed by atoms with Crippen molar-refractivity contribution in [1.29, 1.82) is 0 Å². The molecule has 0 N–H and O–H groups in total. The first-order valence-electron chi connectivity index (χ1n) is 9.11. The maximum absolute atomic E-state index is 12.7. The summed E-state index contributed by atoms with van der Waals surface area (Å²) in [6, 6.07) is 11.5. The van der Waals surface area contributed by atoms with E-state index in [1.807, 2.05) is 4.90 Å². The molecule has 2 aromatic rings. The third-order valence-corrected chi connectivity index (χ3v) is 4.56. The number of halogens is 5. The maximum atomic E-state index is 12.7. The Morgan fingerprint density at radius 1 is 0.967 bits per heavy atom. The van der Waals surface area contributed by atoms with E-state index < -0.39 is 13.0 Å². The summed E-state index contributed by atoms with van der Waals surface area (Å²) >= 11 is 0. The SMILES string of the molecule is O=C(c1ccccc1OC(F)F)N1CCN(Cc2ccc(OC(F)(F)F)cc2)CC1. The van der Waals surface area contributed by atoms with E-state index in [4.69, 9.17) is 0 Å². The van der Waals surface area contributed by atoms with Gasteiger partial charge in [-0.1, -0.05) is 24.3 Å². The average Bonchev–Trinajstić information content (AvgIpc) is 2.68. The molecule has 0 saturated carbocycles. The molecular weight excluding hydrogens is 411 g/mol. The smallest absolute Gasteiger partial charge is 0.434 e. The molecule has 1 aliphatic heterocycles. The molecule has 1 heterocycles. The van der Waals surface area contributed by atoms with Crippen molar-refractivity contribution in [3.05, 3.63) is 59.7 Å². The lowest BCUT2D eigenvalue weighted by molar-refractivity contribution is -0.274. The molecule has 0 aliphatic carbocycles. The molecule has 0 radical (unpaired) electrons. The zero-order valence-corrected chi connectivity index (χ0v) is 15.7. The molecule has 10 heteroatoms. The van der Waals surface area contributed by atoms with Crippen molar-refractivity contribution in [3.63, 3.8) is 0 Å². The van der Waals surface area contributed by atoms with Crippen molar-refractivity contribution < 1.29 is 36.2 Å². The summed E-state index contributed by atoms with van der Waals surface area (Å²) in [5, 5.41) is 0. The largest absolute Gasteiger partial charge is 0.573 e. The first kappa shape index (κ1) is 21.8. The number of hydrogen-bond donors (Lipinski definition) is 0. The van der Waals surface area contributed by atoms with Crippen LogP contribution >= 0.6 is 0 Å². The van der Waals surface area contributed by atoms with E-state index in [0.717, 1.165) is 5.56 Å². The molecule has 162 valence electrons. The molecular formula is C20H19F5N2O3. The highest BCUT2D eigenvalue weighted by Crippen LogP contribution is 2.24. The molecule has 1 amide bonds. The first-order valence-corrected chi connectivity index (χ1v) is 9.11. The number of alkyl halides is 5. The topological polar surface area (TPSA) is 42.0 Å². The van der Waals surface area contributed by atoms with Crippen LogP contribution in [0.25, 0.3) is 0 Å². The van der Waals surface area contributed by atoms with E-state index >= 15 is 0 Å². The maximum Gasteiger partial charge on any atom is 0.573 e. The standard InChI is InChI=1S/C20H19F5N2O3/c21-19(22)29-17-4-2-1-3-16(17)18(28)27-11-9-26(10-12-27)13-14-5-7-15(8-6-14)30-20(23,24)25/h1-8,19H,9-13H2. The Labute approximate surface area is 169 Å². The minimum atomic E-state index is -4.73. The summed E-state index contributed by atoms with van der Waals surface area (Å²) in [5.74, 6) is -0.841. The zero-order chi connectivity index (χ0) is 21.7. The van der Waals surface area contributed by atoms with Crippen molar-refractivity contribution >= 4 is 5.91 Å². The van der Waals surface area contributed by atoms with Gasteiger partial charge in [-0.2, -0.15) is 8.78 Å². The van der Waals surface area contributed by atoms with Gasteiger partial charge in [-0.3, -0.25) is 9.69 Å². The molecule has 1 saturated heterocycles. The van der Waals surface area contributed by atoms with E-state index in [9.17, 15) is 26.7 Å². The number of carbonyl (C=O) groups is 1. The molecule has 0 atom stereocenters. The van der Waals surface area contributed by atoms with Gasteiger partial charge in [-0.05, 0) is 29.8 Å². The lowest BCUT2D eigenvalue weighted by atomic mass is 10.1. The van der Waals surface area contributed by atoms with E-state index in [2.05, 4.69) is 9.47 Å². The highest BCUT2D eigenvalue weighted by molar-refractivity contribution is 5.97. The van der Waals surface area contributed by atoms with Gasteiger partial charge in [0.15, 0.2) is 0 Å². The van der Waals surface area contributed by atoms with Crippen LogP contribution in [0.3, 0.4) is 0 Å². The second-order valence-corrected chi connectivity index (χ2v) is 6.63. The Morgan fingerprint density at radius 3 is 2.20 bits per heavy atom. The number of hydrogen-bond acceptors (Lipinski definition) is 4. The van der Waals surface area contributed by atoms with Gasteiger partial charge in [-0.15, -0.1) is 13.2 Å². The predicted octanol–water partition coefficient (Wildman–Crippen LogP) is 4.14. The van der Waals surface area contributed by atoms with Crippen molar-refractivity contribution in [2.24, 2.45) is 0 Å². The summed E-state index contributed by atoms with van der Waals surface area (Å²) in [7, 11) is 0. The first-order chi connectivity index (χ1) is 14.2. The molecule has 3 rings (SSSR count). The molecule has 0 unspecified atom stereocenters. The highest BCUT2D eigenvalue weighted by atomic mass is 19.4. The van der Waals surface area contributed by atoms with Crippen LogP contribution in [0, 0.1) is 0 Å². The number of amides is 1. The molecule has 30 heavy (non-hydrogen) atoms. The Bertz CT molecular complexity index is 850. The monoisotopic (exact) mass is 430 g/mol. The molecule has 1 fully saturated rings. The van der Waals surface area contributed by atoms with E-state index in [1.165, 1.54) is 30.3 Å². The minimum absolute atomic E-state index is 0.0755. The van der Waals surface area contributed by atoms with Gasteiger partial charge in [0, 0.05) is 32.7 Å². The normalized spacial score (nSPS) is 15.3. The lowest BCUT2D eigenvalue weighted by Crippen LogP contribution is -2.48. The number of benzene rings is 2. The Kier molecular flexibility index (Phi) is 6.76. The van der Waals surface area contributed by atoms with E-state index in [-0.39, 0.29) is 23.0 Å². The minimum Gasteiger partial charge on any atom is -0.434 e. The average molecular weight is 430 g/mol. The second kappa shape index (κ2) is 9.29. The second-order valence-electron chi connectivity index (χ2n) is 6.63. The van der Waals surface area contributed by atoms with Gasteiger partial charge in [0.25, 0.3) is 5.91 Å². The highest BCUT2D eigenvalue weighted by Gasteiger charge is 2.31. The van der Waals surface area contributed by atoms with Crippen molar-refractivity contribution in [3.8, 4) is 11.5 Å². The van der Waals surface area contributed by atoms with Crippen LogP contribution in [-0.4, -0.2) is 54.9 Å². The van der Waals surface area contributed by atoms with Crippen LogP contribution in [0.1, 0.15) is 15.9 Å². The summed E-state index contributed by atoms with van der Waals surface area (Å²) in [6.45, 7) is -0.689. The van der Waals surface area contributed by atoms with Crippen LogP contribution < -0.4 is 9.47 Å². The van der Waals surface area contributed by atoms with Crippen molar-refractivity contribution in [2.45, 2.75) is 19.5 Å². The van der Waals surface area contributed by atoms with Crippen LogP contribution in [-0.2, 0) is 6.54 Å². The lowest BCUT2D eigenvalue weighted by Gasteiger charge is -2.35. The predicted molar refractivity (Wildman–Crippen MR) is 97.4 cm³/mol. The summed E-state index contributed by atoms with van der Waals surface area (Å²) in [4.78, 5) is 16.3. The van der Waals surface area contributed by atoms with E-state index in [1.54, 1.807) is 23.1 Å². The molecule has 0 spiro atoms. The van der Waals surface area contributed by atoms with E-state index in [0.29, 0.717) is 32.7 Å². The van der Waals surface area contributed by atoms with Crippen LogP contribution in [0.2, 0.25) is 0 Å². The number of carbonyl (C=O) groups excluding carboxylic acids is 1. The third-order valence-electron chi connectivity index (χ3n) is 4.56. The molecule has 1 aliphatic rings. The van der Waals surface area contributed by atoms with Gasteiger partial charge in [0.2, 0.25) is 0 Å². The summed E-state index contributed by atoms with van der Waals surface area (Å²) in [6.07, 6.45) is -4.73. The molecule has 0 bridgehead atoms. The summed E-state index contributed by atoms with van der Waals surface area (Å²) < 4.78 is 70.0. The quantitative estimate of drug-likeness (QED) is 0.646. The number of piperazine rings is 1. The van der Waals surface area contributed by atoms with Gasteiger partial charge in [0.05, 0.1) is 5.56 Å². The van der Waals surface area contributed by atoms with Gasteiger partial charge in [0.1, 0.15) is 11.5 Å². The van der Waals surface area contributed by atoms with Gasteiger partial charge in [-0.25, -0.2) is 0 Å². The van der Waals surface area contributed by atoms with Gasteiger partial charge >= 0.3 is 13.0 Å². The van der Waals surface area contributed by atoms with Crippen LogP contribution in [0.4, 0.5) is 22.0 Å². The number of ether oxygens (including phenoxy) is 2. The van der Waals surface area contributed by atoms with Crippen LogP contribution in [0.5, 0.6) is 11.5 Å².